The second-order valence-electron chi connectivity index (χ2n) is 6.75. The lowest BCUT2D eigenvalue weighted by Gasteiger charge is -2.06. The van der Waals surface area contributed by atoms with Crippen LogP contribution in [0.4, 0.5) is 0 Å². The zero-order valence-electron chi connectivity index (χ0n) is 15.4. The normalized spacial score (nSPS) is 14.0. The summed E-state index contributed by atoms with van der Waals surface area (Å²) in [5, 5.41) is 3.91. The van der Waals surface area contributed by atoms with Gasteiger partial charge in [-0.2, -0.15) is 4.98 Å². The van der Waals surface area contributed by atoms with E-state index in [4.69, 9.17) is 9.26 Å². The van der Waals surface area contributed by atoms with Crippen molar-refractivity contribution in [2.24, 2.45) is 0 Å². The van der Waals surface area contributed by atoms with Gasteiger partial charge in [-0.25, -0.2) is 4.79 Å². The number of benzene rings is 1. The molecule has 0 atom stereocenters. The molecule has 0 amide bonds. The van der Waals surface area contributed by atoms with Crippen molar-refractivity contribution in [3.63, 3.8) is 0 Å². The van der Waals surface area contributed by atoms with Gasteiger partial charge in [-0.05, 0) is 44.4 Å². The zero-order valence-corrected chi connectivity index (χ0v) is 15.4. The van der Waals surface area contributed by atoms with E-state index in [1.165, 1.54) is 30.3 Å². The molecule has 6 nitrogen and oxygen atoms in total. The largest absolute Gasteiger partial charge is 0.452 e. The van der Waals surface area contributed by atoms with E-state index in [0.29, 0.717) is 11.9 Å². The van der Waals surface area contributed by atoms with E-state index in [9.17, 15) is 4.79 Å². The van der Waals surface area contributed by atoms with Crippen LogP contribution in [0.5, 0.6) is 0 Å². The van der Waals surface area contributed by atoms with Crippen molar-refractivity contribution in [3.8, 4) is 11.4 Å². The van der Waals surface area contributed by atoms with E-state index >= 15 is 0 Å². The molecular weight excluding hydrogens is 342 g/mol. The number of hydrogen-bond donors (Lipinski definition) is 0. The minimum Gasteiger partial charge on any atom is -0.452 e. The van der Waals surface area contributed by atoms with Gasteiger partial charge >= 0.3 is 5.97 Å². The molecule has 1 aliphatic rings. The van der Waals surface area contributed by atoms with Gasteiger partial charge in [0.05, 0.1) is 0 Å². The fourth-order valence-electron chi connectivity index (χ4n) is 3.22. The fourth-order valence-corrected chi connectivity index (χ4v) is 3.22. The summed E-state index contributed by atoms with van der Waals surface area (Å²) in [7, 11) is 0. The number of esters is 1. The molecule has 0 saturated heterocycles. The third-order valence-corrected chi connectivity index (χ3v) is 4.67. The predicted octanol–water partition coefficient (Wildman–Crippen LogP) is 4.25. The number of rotatable bonds is 6. The number of nitrogens with zero attached hydrogens (tertiary/aromatic N) is 3. The molecule has 1 aliphatic carbocycles. The maximum atomic E-state index is 12.0. The van der Waals surface area contributed by atoms with Gasteiger partial charge in [-0.3, -0.25) is 0 Å². The lowest BCUT2D eigenvalue weighted by atomic mass is 10.2. The molecule has 0 radical (unpaired) electrons. The van der Waals surface area contributed by atoms with Gasteiger partial charge in [-0.15, -0.1) is 0 Å². The first kappa shape index (κ1) is 17.3. The molecule has 0 unspecified atom stereocenters. The molecule has 0 bridgehead atoms. The molecule has 6 heteroatoms. The highest BCUT2D eigenvalue weighted by Gasteiger charge is 2.26. The Labute approximate surface area is 157 Å². The lowest BCUT2D eigenvalue weighted by Crippen LogP contribution is -2.01. The summed E-state index contributed by atoms with van der Waals surface area (Å²) in [6.07, 6.45) is 5.70. The van der Waals surface area contributed by atoms with Crippen LogP contribution in [0.3, 0.4) is 0 Å². The Morgan fingerprint density at radius 2 is 2.07 bits per heavy atom. The molecule has 0 spiro atoms. The Hall–Kier alpha value is -3.15. The predicted molar refractivity (Wildman–Crippen MR) is 101 cm³/mol. The van der Waals surface area contributed by atoms with Gasteiger partial charge in [0.25, 0.3) is 5.89 Å². The fraction of sp³-hybridized carbons (Fsp3) is 0.286. The van der Waals surface area contributed by atoms with E-state index in [-0.39, 0.29) is 12.5 Å². The maximum Gasteiger partial charge on any atom is 0.331 e. The van der Waals surface area contributed by atoms with Crippen LogP contribution in [0.15, 0.2) is 47.0 Å². The summed E-state index contributed by atoms with van der Waals surface area (Å²) in [5.74, 6) is 0.304. The molecule has 1 aromatic carbocycles. The van der Waals surface area contributed by atoms with E-state index in [1.807, 2.05) is 30.3 Å². The number of ether oxygens (including phenoxy) is 1. The summed E-state index contributed by atoms with van der Waals surface area (Å²) in [6.45, 7) is 4.13. The maximum absolute atomic E-state index is 12.0. The second kappa shape index (κ2) is 7.23. The Morgan fingerprint density at radius 3 is 2.81 bits per heavy atom. The Balaban J connectivity index is 1.36. The van der Waals surface area contributed by atoms with Crippen molar-refractivity contribution in [3.05, 3.63) is 65.3 Å². The van der Waals surface area contributed by atoms with Crippen LogP contribution in [0, 0.1) is 13.8 Å². The van der Waals surface area contributed by atoms with Crippen molar-refractivity contribution in [2.75, 3.05) is 0 Å². The van der Waals surface area contributed by atoms with Crippen LogP contribution in [0.1, 0.15) is 41.7 Å². The molecule has 138 valence electrons. The molecule has 0 aliphatic heterocycles. The SMILES string of the molecule is Cc1cc(/C=C/C(=O)OCc2nc(-c3ccccc3)no2)c(C)n1C1CC1. The minimum atomic E-state index is -0.439. The molecule has 2 heterocycles. The van der Waals surface area contributed by atoms with Crippen molar-refractivity contribution in [2.45, 2.75) is 39.3 Å². The molecule has 0 N–H and O–H groups in total. The Bertz CT molecular complexity index is 982. The molecular formula is C21H21N3O3. The number of carbonyl (C=O) groups is 1. The summed E-state index contributed by atoms with van der Waals surface area (Å²) in [5.41, 5.74) is 4.30. The van der Waals surface area contributed by atoms with Gasteiger partial charge in [0, 0.05) is 29.1 Å². The van der Waals surface area contributed by atoms with Gasteiger partial charge in [0.1, 0.15) is 0 Å². The van der Waals surface area contributed by atoms with Crippen LogP contribution >= 0.6 is 0 Å². The van der Waals surface area contributed by atoms with Crippen molar-refractivity contribution in [1.82, 2.24) is 14.7 Å². The summed E-state index contributed by atoms with van der Waals surface area (Å²) in [6, 6.07) is 12.2. The summed E-state index contributed by atoms with van der Waals surface area (Å²) >= 11 is 0. The molecule has 4 rings (SSSR count). The van der Waals surface area contributed by atoms with Crippen molar-refractivity contribution < 1.29 is 14.1 Å². The highest BCUT2D eigenvalue weighted by Crippen LogP contribution is 2.38. The van der Waals surface area contributed by atoms with Crippen LogP contribution < -0.4 is 0 Å². The first-order valence-electron chi connectivity index (χ1n) is 9.03. The molecule has 1 fully saturated rings. The average molecular weight is 363 g/mol. The number of carbonyl (C=O) groups excluding carboxylic acids is 1. The third-order valence-electron chi connectivity index (χ3n) is 4.67. The van der Waals surface area contributed by atoms with Gasteiger partial charge in [0.15, 0.2) is 6.61 Å². The van der Waals surface area contributed by atoms with E-state index in [0.717, 1.165) is 11.1 Å². The average Bonchev–Trinajstić information content (AvgIpc) is 3.31. The number of hydrogen-bond acceptors (Lipinski definition) is 5. The topological polar surface area (TPSA) is 70.2 Å². The van der Waals surface area contributed by atoms with E-state index in [2.05, 4.69) is 34.6 Å². The van der Waals surface area contributed by atoms with Crippen LogP contribution in [-0.2, 0) is 16.1 Å². The van der Waals surface area contributed by atoms with Crippen LogP contribution in [0.25, 0.3) is 17.5 Å². The summed E-state index contributed by atoms with van der Waals surface area (Å²) < 4.78 is 12.7. The van der Waals surface area contributed by atoms with Crippen LogP contribution in [-0.4, -0.2) is 20.7 Å². The molecule has 1 saturated carbocycles. The molecule has 2 aromatic heterocycles. The highest BCUT2D eigenvalue weighted by molar-refractivity contribution is 5.87. The van der Waals surface area contributed by atoms with Gasteiger partial charge in [-0.1, -0.05) is 35.5 Å². The molecule has 3 aromatic rings. The second-order valence-corrected chi connectivity index (χ2v) is 6.75. The third kappa shape index (κ3) is 3.84. The number of aryl methyl sites for hydroxylation is 1. The molecule has 27 heavy (non-hydrogen) atoms. The number of aromatic nitrogens is 3. The first-order chi connectivity index (χ1) is 13.1. The lowest BCUT2D eigenvalue weighted by molar-refractivity contribution is -0.139. The van der Waals surface area contributed by atoms with E-state index in [1.54, 1.807) is 6.08 Å². The monoisotopic (exact) mass is 363 g/mol. The van der Waals surface area contributed by atoms with Gasteiger partial charge < -0.3 is 13.8 Å². The van der Waals surface area contributed by atoms with Crippen LogP contribution in [0.2, 0.25) is 0 Å². The minimum absolute atomic E-state index is 0.0515. The standard InChI is InChI=1S/C21H21N3O3/c1-14-12-17(15(2)24(14)18-9-10-18)8-11-20(25)26-13-19-22-21(23-27-19)16-6-4-3-5-7-16/h3-8,11-12,18H,9-10,13H2,1-2H3/b11-8+. The Morgan fingerprint density at radius 1 is 1.30 bits per heavy atom. The van der Waals surface area contributed by atoms with E-state index < -0.39 is 5.97 Å². The van der Waals surface area contributed by atoms with Gasteiger partial charge in [0.2, 0.25) is 5.82 Å². The first-order valence-corrected chi connectivity index (χ1v) is 9.03. The highest BCUT2D eigenvalue weighted by atomic mass is 16.6. The van der Waals surface area contributed by atoms with Crippen molar-refractivity contribution >= 4 is 12.0 Å². The zero-order chi connectivity index (χ0) is 18.8. The Kier molecular flexibility index (Phi) is 4.62. The summed E-state index contributed by atoms with van der Waals surface area (Å²) in [4.78, 5) is 16.3. The quantitative estimate of drug-likeness (QED) is 0.484. The smallest absolute Gasteiger partial charge is 0.331 e. The van der Waals surface area contributed by atoms with Crippen molar-refractivity contribution in [1.29, 1.82) is 0 Å².